The highest BCUT2D eigenvalue weighted by atomic mass is 35.5. The third-order valence-electron chi connectivity index (χ3n) is 3.52. The summed E-state index contributed by atoms with van der Waals surface area (Å²) < 4.78 is 23.1. The number of ether oxygens (including phenoxy) is 2. The highest BCUT2D eigenvalue weighted by Crippen LogP contribution is 2.24. The molecule has 0 aromatic heterocycles. The van der Waals surface area contributed by atoms with Gasteiger partial charge in [-0.2, -0.15) is 0 Å². The van der Waals surface area contributed by atoms with Gasteiger partial charge in [-0.1, -0.05) is 17.7 Å². The second kappa shape index (κ2) is 8.48. The number of aryl methyl sites for hydroxylation is 1. The maximum atomic E-state index is 13.6. The van der Waals surface area contributed by atoms with E-state index in [1.807, 2.05) is 0 Å². The molecule has 2 aromatic carbocycles. The lowest BCUT2D eigenvalue weighted by atomic mass is 10.1. The molecule has 0 bridgehead atoms. The van der Waals surface area contributed by atoms with Crippen LogP contribution in [0, 0.1) is 5.82 Å². The lowest BCUT2D eigenvalue weighted by Gasteiger charge is -2.09. The summed E-state index contributed by atoms with van der Waals surface area (Å²) in [6.45, 7) is 0. The SMILES string of the molecule is COC(=O)c1ccc(Cl)c(NC(=O)CCc2ccc(OC)c(F)c2)c1. The van der Waals surface area contributed by atoms with Gasteiger partial charge in [0, 0.05) is 6.42 Å². The number of benzene rings is 2. The van der Waals surface area contributed by atoms with E-state index in [9.17, 15) is 14.0 Å². The average Bonchev–Trinajstić information content (AvgIpc) is 2.61. The highest BCUT2D eigenvalue weighted by molar-refractivity contribution is 6.33. The van der Waals surface area contributed by atoms with Gasteiger partial charge in [0.2, 0.25) is 5.91 Å². The number of halogens is 2. The van der Waals surface area contributed by atoms with Crippen LogP contribution in [0.15, 0.2) is 36.4 Å². The molecule has 2 rings (SSSR count). The van der Waals surface area contributed by atoms with Crippen molar-refractivity contribution in [2.75, 3.05) is 19.5 Å². The third-order valence-corrected chi connectivity index (χ3v) is 3.85. The van der Waals surface area contributed by atoms with Crippen LogP contribution in [0.2, 0.25) is 5.02 Å². The summed E-state index contributed by atoms with van der Waals surface area (Å²) in [5, 5.41) is 2.94. The fourth-order valence-electron chi connectivity index (χ4n) is 2.20. The van der Waals surface area contributed by atoms with E-state index in [-0.39, 0.29) is 23.6 Å². The van der Waals surface area contributed by atoms with Crippen molar-refractivity contribution in [1.82, 2.24) is 0 Å². The van der Waals surface area contributed by atoms with E-state index in [2.05, 4.69) is 10.1 Å². The molecule has 1 amide bonds. The van der Waals surface area contributed by atoms with Gasteiger partial charge in [0.15, 0.2) is 11.6 Å². The molecule has 0 aliphatic rings. The predicted octanol–water partition coefficient (Wildman–Crippen LogP) is 3.85. The van der Waals surface area contributed by atoms with Crippen LogP contribution in [0.3, 0.4) is 0 Å². The number of hydrogen-bond donors (Lipinski definition) is 1. The van der Waals surface area contributed by atoms with Gasteiger partial charge in [-0.15, -0.1) is 0 Å². The second-order valence-corrected chi connectivity index (χ2v) is 5.61. The summed E-state index contributed by atoms with van der Waals surface area (Å²) in [5.74, 6) is -1.16. The van der Waals surface area contributed by atoms with Gasteiger partial charge >= 0.3 is 5.97 Å². The number of anilines is 1. The summed E-state index contributed by atoms with van der Waals surface area (Å²) in [6, 6.07) is 8.99. The van der Waals surface area contributed by atoms with Crippen molar-refractivity contribution in [3.63, 3.8) is 0 Å². The average molecular weight is 366 g/mol. The van der Waals surface area contributed by atoms with E-state index in [0.29, 0.717) is 22.7 Å². The number of amides is 1. The first-order valence-corrected chi connectivity index (χ1v) is 7.82. The number of hydrogen-bond acceptors (Lipinski definition) is 4. The molecule has 2 aromatic rings. The van der Waals surface area contributed by atoms with E-state index in [1.165, 1.54) is 44.6 Å². The van der Waals surface area contributed by atoms with Crippen LogP contribution in [-0.2, 0) is 16.0 Å². The Kier molecular flexibility index (Phi) is 6.36. The monoisotopic (exact) mass is 365 g/mol. The van der Waals surface area contributed by atoms with Gasteiger partial charge in [-0.05, 0) is 42.3 Å². The number of carbonyl (C=O) groups is 2. The number of esters is 1. The minimum absolute atomic E-state index is 0.130. The van der Waals surface area contributed by atoms with E-state index >= 15 is 0 Å². The van der Waals surface area contributed by atoms with E-state index < -0.39 is 11.8 Å². The fraction of sp³-hybridized carbons (Fsp3) is 0.222. The summed E-state index contributed by atoms with van der Waals surface area (Å²) in [4.78, 5) is 23.6. The Morgan fingerprint density at radius 2 is 1.92 bits per heavy atom. The van der Waals surface area contributed by atoms with Gasteiger partial charge in [0.05, 0.1) is 30.5 Å². The Morgan fingerprint density at radius 1 is 1.16 bits per heavy atom. The van der Waals surface area contributed by atoms with Gasteiger partial charge in [-0.3, -0.25) is 4.79 Å². The minimum atomic E-state index is -0.527. The van der Waals surface area contributed by atoms with Gasteiger partial charge < -0.3 is 14.8 Å². The van der Waals surface area contributed by atoms with Crippen LogP contribution in [0.4, 0.5) is 10.1 Å². The molecule has 0 heterocycles. The normalized spacial score (nSPS) is 10.2. The maximum Gasteiger partial charge on any atom is 0.337 e. The largest absolute Gasteiger partial charge is 0.494 e. The number of rotatable bonds is 6. The molecule has 1 N–H and O–H groups in total. The van der Waals surface area contributed by atoms with Crippen LogP contribution in [-0.4, -0.2) is 26.1 Å². The first kappa shape index (κ1) is 18.7. The molecule has 25 heavy (non-hydrogen) atoms. The zero-order valence-electron chi connectivity index (χ0n) is 13.8. The zero-order valence-corrected chi connectivity index (χ0v) is 14.5. The first-order chi connectivity index (χ1) is 11.9. The molecule has 0 fully saturated rings. The molecule has 132 valence electrons. The Hall–Kier alpha value is -2.60. The molecular formula is C18H17ClFNO4. The Bertz CT molecular complexity index is 795. The van der Waals surface area contributed by atoms with Crippen LogP contribution >= 0.6 is 11.6 Å². The first-order valence-electron chi connectivity index (χ1n) is 7.44. The molecule has 0 saturated heterocycles. The van der Waals surface area contributed by atoms with E-state index in [1.54, 1.807) is 6.07 Å². The van der Waals surface area contributed by atoms with Gasteiger partial charge in [0.1, 0.15) is 0 Å². The summed E-state index contributed by atoms with van der Waals surface area (Å²) in [6.07, 6.45) is 0.478. The van der Waals surface area contributed by atoms with Crippen LogP contribution in [0.1, 0.15) is 22.3 Å². The topological polar surface area (TPSA) is 64.6 Å². The van der Waals surface area contributed by atoms with Crippen LogP contribution < -0.4 is 10.1 Å². The minimum Gasteiger partial charge on any atom is -0.494 e. The fourth-order valence-corrected chi connectivity index (χ4v) is 2.37. The predicted molar refractivity (Wildman–Crippen MR) is 92.7 cm³/mol. The molecule has 0 aliphatic heterocycles. The number of nitrogens with one attached hydrogen (secondary N) is 1. The maximum absolute atomic E-state index is 13.6. The number of methoxy groups -OCH3 is 2. The van der Waals surface area contributed by atoms with Crippen LogP contribution in [0.5, 0.6) is 5.75 Å². The lowest BCUT2D eigenvalue weighted by molar-refractivity contribution is -0.116. The lowest BCUT2D eigenvalue weighted by Crippen LogP contribution is -2.13. The molecule has 5 nitrogen and oxygen atoms in total. The van der Waals surface area contributed by atoms with Gasteiger partial charge in [0.25, 0.3) is 0 Å². The molecule has 0 unspecified atom stereocenters. The van der Waals surface area contributed by atoms with Crippen molar-refractivity contribution >= 4 is 29.2 Å². The molecule has 0 aliphatic carbocycles. The van der Waals surface area contributed by atoms with E-state index in [0.717, 1.165) is 0 Å². The zero-order chi connectivity index (χ0) is 18.4. The Labute approximate surface area is 149 Å². The summed E-state index contributed by atoms with van der Waals surface area (Å²) >= 11 is 6.03. The molecule has 0 spiro atoms. The summed E-state index contributed by atoms with van der Waals surface area (Å²) in [7, 11) is 2.65. The second-order valence-electron chi connectivity index (χ2n) is 5.20. The molecular weight excluding hydrogens is 349 g/mol. The third kappa shape index (κ3) is 4.93. The molecule has 0 atom stereocenters. The highest BCUT2D eigenvalue weighted by Gasteiger charge is 2.12. The van der Waals surface area contributed by atoms with Gasteiger partial charge in [-0.25, -0.2) is 9.18 Å². The van der Waals surface area contributed by atoms with Crippen molar-refractivity contribution in [2.45, 2.75) is 12.8 Å². The van der Waals surface area contributed by atoms with Crippen LogP contribution in [0.25, 0.3) is 0 Å². The summed E-state index contributed by atoms with van der Waals surface area (Å²) in [5.41, 5.74) is 1.26. The van der Waals surface area contributed by atoms with Crippen molar-refractivity contribution < 1.29 is 23.5 Å². The van der Waals surface area contributed by atoms with Crippen molar-refractivity contribution in [3.8, 4) is 5.75 Å². The van der Waals surface area contributed by atoms with E-state index in [4.69, 9.17) is 16.3 Å². The smallest absolute Gasteiger partial charge is 0.337 e. The standard InChI is InChI=1S/C18H17ClFNO4/c1-24-16-7-3-11(9-14(16)20)4-8-17(22)21-15-10-12(18(23)25-2)5-6-13(15)19/h3,5-7,9-10H,4,8H2,1-2H3,(H,21,22). The quantitative estimate of drug-likeness (QED) is 0.790. The molecule has 0 radical (unpaired) electrons. The molecule has 7 heteroatoms. The Morgan fingerprint density at radius 3 is 2.56 bits per heavy atom. The molecule has 0 saturated carbocycles. The number of carbonyl (C=O) groups excluding carboxylic acids is 2. The van der Waals surface area contributed by atoms with Crippen molar-refractivity contribution in [1.29, 1.82) is 0 Å². The van der Waals surface area contributed by atoms with Crippen molar-refractivity contribution in [3.05, 3.63) is 58.4 Å². The van der Waals surface area contributed by atoms with Crippen molar-refractivity contribution in [2.24, 2.45) is 0 Å². The Balaban J connectivity index is 2.00.